The summed E-state index contributed by atoms with van der Waals surface area (Å²) in [5.41, 5.74) is -0.186. The molecule has 0 aliphatic carbocycles. The monoisotopic (exact) mass is 312 g/mol. The second kappa shape index (κ2) is 8.88. The van der Waals surface area contributed by atoms with Gasteiger partial charge in [-0.2, -0.15) is 0 Å². The Balaban J connectivity index is 2.38. The number of carbonyl (C=O) groups excluding carboxylic acids is 1. The van der Waals surface area contributed by atoms with Crippen LogP contribution in [0.1, 0.15) is 66.7 Å². The standard InChI is InChI=1S/C18H36N2O2/c1-14(2)17(22)18(4,5)13-19-15(3)12-16(21)20-10-8-6-7-9-11-20/h14-15,17,19,22H,6-13H2,1-5H3. The number of rotatable bonds is 7. The van der Waals surface area contributed by atoms with E-state index in [0.717, 1.165) is 32.5 Å². The summed E-state index contributed by atoms with van der Waals surface area (Å²) in [4.78, 5) is 14.4. The first kappa shape index (κ1) is 19.4. The summed E-state index contributed by atoms with van der Waals surface area (Å²) in [7, 11) is 0. The lowest BCUT2D eigenvalue weighted by Gasteiger charge is -2.34. The zero-order valence-corrected chi connectivity index (χ0v) is 15.2. The normalized spacial score (nSPS) is 19.9. The van der Waals surface area contributed by atoms with Crippen LogP contribution < -0.4 is 5.32 Å². The second-order valence-corrected chi connectivity index (χ2v) is 7.96. The Morgan fingerprint density at radius 1 is 1.14 bits per heavy atom. The molecule has 1 saturated heterocycles. The van der Waals surface area contributed by atoms with E-state index < -0.39 is 0 Å². The number of nitrogens with one attached hydrogen (secondary N) is 1. The van der Waals surface area contributed by atoms with E-state index in [4.69, 9.17) is 0 Å². The van der Waals surface area contributed by atoms with E-state index >= 15 is 0 Å². The lowest BCUT2D eigenvalue weighted by molar-refractivity contribution is -0.131. The molecule has 0 aromatic heterocycles. The smallest absolute Gasteiger partial charge is 0.224 e. The number of aliphatic hydroxyl groups is 1. The average Bonchev–Trinajstić information content (AvgIpc) is 2.73. The van der Waals surface area contributed by atoms with E-state index in [1.807, 2.05) is 18.7 Å². The van der Waals surface area contributed by atoms with Crippen molar-refractivity contribution in [2.45, 2.75) is 78.9 Å². The number of hydrogen-bond donors (Lipinski definition) is 2. The van der Waals surface area contributed by atoms with E-state index in [0.29, 0.717) is 6.42 Å². The molecule has 1 aliphatic heterocycles. The summed E-state index contributed by atoms with van der Waals surface area (Å²) in [6.45, 7) is 12.9. The Morgan fingerprint density at radius 3 is 2.18 bits per heavy atom. The summed E-state index contributed by atoms with van der Waals surface area (Å²) >= 11 is 0. The van der Waals surface area contributed by atoms with Crippen LogP contribution in [0.15, 0.2) is 0 Å². The fourth-order valence-corrected chi connectivity index (χ4v) is 3.23. The summed E-state index contributed by atoms with van der Waals surface area (Å²) in [5, 5.41) is 13.7. The van der Waals surface area contributed by atoms with Gasteiger partial charge in [0.25, 0.3) is 0 Å². The Hall–Kier alpha value is -0.610. The molecular weight excluding hydrogens is 276 g/mol. The summed E-state index contributed by atoms with van der Waals surface area (Å²) < 4.78 is 0. The molecule has 0 spiro atoms. The minimum absolute atomic E-state index is 0.148. The number of aliphatic hydroxyl groups excluding tert-OH is 1. The fourth-order valence-electron chi connectivity index (χ4n) is 3.23. The highest BCUT2D eigenvalue weighted by atomic mass is 16.3. The van der Waals surface area contributed by atoms with Crippen LogP contribution in [0.5, 0.6) is 0 Å². The molecule has 2 atom stereocenters. The van der Waals surface area contributed by atoms with Gasteiger partial charge in [0.05, 0.1) is 6.10 Å². The van der Waals surface area contributed by atoms with Gasteiger partial charge < -0.3 is 15.3 Å². The lowest BCUT2D eigenvalue weighted by Crippen LogP contribution is -2.45. The minimum Gasteiger partial charge on any atom is -0.392 e. The van der Waals surface area contributed by atoms with Crippen molar-refractivity contribution in [3.05, 3.63) is 0 Å². The summed E-state index contributed by atoms with van der Waals surface area (Å²) in [6.07, 6.45) is 4.99. The van der Waals surface area contributed by atoms with Crippen molar-refractivity contribution in [2.75, 3.05) is 19.6 Å². The van der Waals surface area contributed by atoms with Crippen LogP contribution in [0.4, 0.5) is 0 Å². The molecule has 0 aromatic carbocycles. The highest BCUT2D eigenvalue weighted by Crippen LogP contribution is 2.25. The molecule has 1 rings (SSSR count). The first-order valence-electron chi connectivity index (χ1n) is 8.93. The van der Waals surface area contributed by atoms with Gasteiger partial charge in [0.15, 0.2) is 0 Å². The Kier molecular flexibility index (Phi) is 7.84. The molecule has 1 heterocycles. The fraction of sp³-hybridized carbons (Fsp3) is 0.944. The van der Waals surface area contributed by atoms with Crippen LogP contribution in [0.25, 0.3) is 0 Å². The van der Waals surface area contributed by atoms with Crippen molar-refractivity contribution in [2.24, 2.45) is 11.3 Å². The summed E-state index contributed by atoms with van der Waals surface area (Å²) in [6, 6.07) is 0.148. The second-order valence-electron chi connectivity index (χ2n) is 7.96. The van der Waals surface area contributed by atoms with Gasteiger partial charge in [-0.15, -0.1) is 0 Å². The Bertz CT molecular complexity index is 334. The molecule has 2 N–H and O–H groups in total. The number of likely N-dealkylation sites (tertiary alicyclic amines) is 1. The molecular formula is C18H36N2O2. The zero-order chi connectivity index (χ0) is 16.8. The number of amides is 1. The first-order valence-corrected chi connectivity index (χ1v) is 8.93. The SMILES string of the molecule is CC(CC(=O)N1CCCCCC1)NCC(C)(C)C(O)C(C)C. The van der Waals surface area contributed by atoms with Crippen molar-refractivity contribution in [1.29, 1.82) is 0 Å². The van der Waals surface area contributed by atoms with Gasteiger partial charge in [-0.05, 0) is 25.7 Å². The van der Waals surface area contributed by atoms with Crippen LogP contribution >= 0.6 is 0 Å². The van der Waals surface area contributed by atoms with Crippen LogP contribution in [0.2, 0.25) is 0 Å². The van der Waals surface area contributed by atoms with Gasteiger partial charge in [0.2, 0.25) is 5.91 Å². The van der Waals surface area contributed by atoms with Gasteiger partial charge in [-0.3, -0.25) is 4.79 Å². The Labute approximate surface area is 136 Å². The largest absolute Gasteiger partial charge is 0.392 e. The van der Waals surface area contributed by atoms with Gasteiger partial charge in [-0.1, -0.05) is 40.5 Å². The first-order chi connectivity index (χ1) is 10.2. The number of hydrogen-bond acceptors (Lipinski definition) is 3. The van der Waals surface area contributed by atoms with Crippen LogP contribution in [0.3, 0.4) is 0 Å². The molecule has 1 fully saturated rings. The molecule has 130 valence electrons. The molecule has 0 bridgehead atoms. The molecule has 1 amide bonds. The topological polar surface area (TPSA) is 52.6 Å². The maximum absolute atomic E-state index is 12.4. The molecule has 1 aliphatic rings. The maximum atomic E-state index is 12.4. The van der Waals surface area contributed by atoms with Crippen LogP contribution in [-0.2, 0) is 4.79 Å². The van der Waals surface area contributed by atoms with Crippen molar-refractivity contribution in [3.63, 3.8) is 0 Å². The van der Waals surface area contributed by atoms with Crippen molar-refractivity contribution >= 4 is 5.91 Å². The quantitative estimate of drug-likeness (QED) is 0.760. The predicted octanol–water partition coefficient (Wildman–Crippen LogP) is 2.80. The molecule has 22 heavy (non-hydrogen) atoms. The number of carbonyl (C=O) groups is 1. The third-order valence-corrected chi connectivity index (χ3v) is 4.78. The molecule has 4 heteroatoms. The van der Waals surface area contributed by atoms with E-state index in [2.05, 4.69) is 26.1 Å². The lowest BCUT2D eigenvalue weighted by atomic mass is 9.80. The Morgan fingerprint density at radius 2 is 1.68 bits per heavy atom. The van der Waals surface area contributed by atoms with Crippen LogP contribution in [-0.4, -0.2) is 47.7 Å². The number of nitrogens with zero attached hydrogens (tertiary/aromatic N) is 1. The minimum atomic E-state index is -0.339. The van der Waals surface area contributed by atoms with Crippen molar-refractivity contribution < 1.29 is 9.90 Å². The molecule has 0 aromatic rings. The maximum Gasteiger partial charge on any atom is 0.224 e. The van der Waals surface area contributed by atoms with Gasteiger partial charge >= 0.3 is 0 Å². The zero-order valence-electron chi connectivity index (χ0n) is 15.2. The molecule has 0 radical (unpaired) electrons. The van der Waals surface area contributed by atoms with Gasteiger partial charge in [0.1, 0.15) is 0 Å². The van der Waals surface area contributed by atoms with E-state index in [9.17, 15) is 9.90 Å². The van der Waals surface area contributed by atoms with Crippen LogP contribution in [0, 0.1) is 11.3 Å². The third-order valence-electron chi connectivity index (χ3n) is 4.78. The highest BCUT2D eigenvalue weighted by molar-refractivity contribution is 5.76. The van der Waals surface area contributed by atoms with E-state index in [-0.39, 0.29) is 29.4 Å². The predicted molar refractivity (Wildman–Crippen MR) is 91.8 cm³/mol. The third kappa shape index (κ3) is 6.25. The van der Waals surface area contributed by atoms with Gasteiger partial charge in [-0.25, -0.2) is 0 Å². The molecule has 2 unspecified atom stereocenters. The van der Waals surface area contributed by atoms with Gasteiger partial charge in [0, 0.05) is 37.5 Å². The molecule has 0 saturated carbocycles. The van der Waals surface area contributed by atoms with Crippen molar-refractivity contribution in [1.82, 2.24) is 10.2 Å². The van der Waals surface area contributed by atoms with E-state index in [1.165, 1.54) is 12.8 Å². The van der Waals surface area contributed by atoms with E-state index in [1.54, 1.807) is 0 Å². The van der Waals surface area contributed by atoms with Crippen molar-refractivity contribution in [3.8, 4) is 0 Å². The molecule has 4 nitrogen and oxygen atoms in total. The highest BCUT2D eigenvalue weighted by Gasteiger charge is 2.30. The summed E-state index contributed by atoms with van der Waals surface area (Å²) in [5.74, 6) is 0.509. The average molecular weight is 312 g/mol.